The number of hydrogen-bond acceptors (Lipinski definition) is 26. The molecule has 12 N–H and O–H groups in total. The molecule has 2 saturated carbocycles. The third kappa shape index (κ3) is 20.5. The summed E-state index contributed by atoms with van der Waals surface area (Å²) in [5, 5.41) is 22.0. The molecule has 10 heterocycles. The van der Waals surface area contributed by atoms with Crippen LogP contribution in [0.4, 0.5) is 69.0 Å². The minimum absolute atomic E-state index is 0.0185. The number of aromatic nitrogens is 6. The lowest BCUT2D eigenvalue weighted by Gasteiger charge is -2.43. The molecule has 0 bridgehead atoms. The van der Waals surface area contributed by atoms with Crippen LogP contribution in [0.15, 0.2) is 152 Å². The quantitative estimate of drug-likeness (QED) is 0.0220. The minimum Gasteiger partial charge on any atom is -0.483 e. The highest BCUT2D eigenvalue weighted by Gasteiger charge is 2.44. The predicted molar refractivity (Wildman–Crippen MR) is 508 cm³/mol. The van der Waals surface area contributed by atoms with E-state index < -0.39 is 23.3 Å². The fourth-order valence-electron chi connectivity index (χ4n) is 20.7. The number of benzene rings is 6. The molecule has 3 aromatic heterocycles. The van der Waals surface area contributed by atoms with Crippen molar-refractivity contribution >= 4 is 86.8 Å². The molecule has 127 heavy (non-hydrogen) atoms. The number of piperazine rings is 3. The summed E-state index contributed by atoms with van der Waals surface area (Å²) in [7, 11) is 6.58. The number of hydrogen-bond donors (Lipinski definition) is 9. The molecule has 29 heteroatoms. The lowest BCUT2D eigenvalue weighted by molar-refractivity contribution is 0.0812. The van der Waals surface area contributed by atoms with Gasteiger partial charge in [-0.15, -0.1) is 0 Å². The van der Waals surface area contributed by atoms with Gasteiger partial charge in [-0.3, -0.25) is 34.0 Å². The van der Waals surface area contributed by atoms with Crippen LogP contribution < -0.4 is 68.5 Å². The average Bonchev–Trinajstić information content (AvgIpc) is 1.75. The number of carbonyl (C=O) groups is 3. The van der Waals surface area contributed by atoms with Crippen molar-refractivity contribution in [2.75, 3.05) is 199 Å². The molecule has 29 nitrogen and oxygen atoms in total. The van der Waals surface area contributed by atoms with Crippen molar-refractivity contribution in [2.45, 2.75) is 152 Å². The molecule has 6 aromatic carbocycles. The summed E-state index contributed by atoms with van der Waals surface area (Å²) in [5.74, 6) is 1.01. The lowest BCUT2D eigenvalue weighted by Crippen LogP contribution is -2.53. The van der Waals surface area contributed by atoms with E-state index in [4.69, 9.17) is 51.8 Å². The number of likely N-dealkylation sites (N-methyl/N-ethyl adjacent to an activating group) is 2. The molecule has 7 aliphatic heterocycles. The summed E-state index contributed by atoms with van der Waals surface area (Å²) >= 11 is 0. The highest BCUT2D eigenvalue weighted by Crippen LogP contribution is 2.45. The van der Waals surface area contributed by atoms with Crippen LogP contribution in [0.2, 0.25) is 0 Å². The number of nitrogens with one attached hydrogen (secondary N) is 6. The first-order chi connectivity index (χ1) is 61.9. The van der Waals surface area contributed by atoms with E-state index in [9.17, 15) is 14.4 Å². The number of anilines is 12. The van der Waals surface area contributed by atoms with Gasteiger partial charge in [0.25, 0.3) is 17.7 Å². The summed E-state index contributed by atoms with van der Waals surface area (Å²) in [6.07, 6.45) is 14.9. The Bertz CT molecular complexity index is 5260. The van der Waals surface area contributed by atoms with Crippen LogP contribution in [0.25, 0.3) is 33.8 Å². The van der Waals surface area contributed by atoms with Crippen LogP contribution in [-0.2, 0) is 6.54 Å². The van der Waals surface area contributed by atoms with E-state index in [0.29, 0.717) is 76.3 Å². The molecular weight excluding hydrogens is 1590 g/mol. The first-order valence-corrected chi connectivity index (χ1v) is 46.6. The molecule has 7 saturated heterocycles. The van der Waals surface area contributed by atoms with Gasteiger partial charge >= 0.3 is 0 Å². The molecule has 9 aliphatic rings. The fourth-order valence-corrected chi connectivity index (χ4v) is 20.7. The second-order valence-corrected chi connectivity index (χ2v) is 37.0. The number of nitrogens with zero attached hydrogens (tertiary/aromatic N) is 16. The molecule has 0 radical (unpaired) electrons. The Morgan fingerprint density at radius 1 is 0.378 bits per heavy atom. The van der Waals surface area contributed by atoms with Crippen LogP contribution in [0.5, 0.6) is 5.75 Å². The maximum absolute atomic E-state index is 14.1. The third-order valence-electron chi connectivity index (χ3n) is 28.4. The van der Waals surface area contributed by atoms with Gasteiger partial charge in [0.2, 0.25) is 0 Å². The number of likely N-dealkylation sites (tertiary alicyclic amines) is 1. The highest BCUT2D eigenvalue weighted by atomic mass is 16.5. The van der Waals surface area contributed by atoms with Crippen molar-refractivity contribution in [3.8, 4) is 39.5 Å². The first kappa shape index (κ1) is 86.4. The topological polar surface area (TPSA) is 320 Å². The molecule has 9 aromatic rings. The molecule has 2 unspecified atom stereocenters. The third-order valence-corrected chi connectivity index (χ3v) is 28.4. The molecule has 3 amide bonds. The Labute approximate surface area is 747 Å². The normalized spacial score (nSPS) is 21.3. The Hall–Kier alpha value is -11.3. The number of ether oxygens (including phenoxy) is 1. The second-order valence-electron chi connectivity index (χ2n) is 37.0. The Morgan fingerprint density at radius 2 is 0.780 bits per heavy atom. The maximum atomic E-state index is 14.1. The monoisotopic (exact) mass is 1720 g/mol. The van der Waals surface area contributed by atoms with E-state index >= 15 is 0 Å². The van der Waals surface area contributed by atoms with Crippen LogP contribution in [-0.4, -0.2) is 276 Å². The Morgan fingerprint density at radius 3 is 1.24 bits per heavy atom. The number of carbonyl (C=O) groups excluding carboxylic acids is 3. The van der Waals surface area contributed by atoms with Crippen molar-refractivity contribution < 1.29 is 19.1 Å². The molecule has 668 valence electrons. The first-order valence-electron chi connectivity index (χ1n) is 46.6. The van der Waals surface area contributed by atoms with Crippen LogP contribution in [0.3, 0.4) is 0 Å². The SMILES string of the molecule is CN1CCC(Nc2nc(Nc3ccc(N4CCC(N5CCN(Cc6cccc(-c7nc(C(N)=O)c(Nc8ccc(N9CCC(N%10CCN(C)CC%10)CC9)cc8)nc7NC7CCCC7(C)Oc7cc(N8CCC(N9CCN(C)CC9)CC8)ccc7Nc7nc(NC8CCCC8)c(-c8ccccc8)nc7C(N)=O)c6)CC5)CC4)cc3)c(C(N)=O)nc2-c2ccccc2)CC1. The number of amides is 3. The molecule has 0 spiro atoms. The lowest BCUT2D eigenvalue weighted by atomic mass is 9.98. The Kier molecular flexibility index (Phi) is 26.6. The average molecular weight is 1720 g/mol. The summed E-state index contributed by atoms with van der Waals surface area (Å²) in [6.45, 7) is 23.0. The van der Waals surface area contributed by atoms with E-state index in [1.165, 1.54) is 0 Å². The van der Waals surface area contributed by atoms with Gasteiger partial charge in [-0.1, -0.05) is 91.7 Å². The van der Waals surface area contributed by atoms with Gasteiger partial charge in [-0.05, 0) is 197 Å². The van der Waals surface area contributed by atoms with E-state index in [1.54, 1.807) is 0 Å². The molecule has 2 atom stereocenters. The van der Waals surface area contributed by atoms with Crippen LogP contribution in [0, 0.1) is 0 Å². The predicted octanol–water partition coefficient (Wildman–Crippen LogP) is 12.5. The smallest absolute Gasteiger partial charge is 0.271 e. The fraction of sp³-hybridized carbons (Fsp3) is 0.480. The Balaban J connectivity index is 0.587. The zero-order chi connectivity index (χ0) is 87.1. The van der Waals surface area contributed by atoms with Crippen molar-refractivity contribution in [2.24, 2.45) is 17.2 Å². The summed E-state index contributed by atoms with van der Waals surface area (Å²) in [4.78, 5) is 97.1. The molecule has 9 fully saturated rings. The van der Waals surface area contributed by atoms with Gasteiger partial charge in [0.15, 0.2) is 52.0 Å². The van der Waals surface area contributed by atoms with E-state index in [0.717, 1.165) is 278 Å². The van der Waals surface area contributed by atoms with Gasteiger partial charge in [-0.25, -0.2) is 29.9 Å². The van der Waals surface area contributed by atoms with Crippen LogP contribution in [0.1, 0.15) is 140 Å². The highest BCUT2D eigenvalue weighted by molar-refractivity contribution is 6.00. The van der Waals surface area contributed by atoms with E-state index in [2.05, 4.69) is 182 Å². The van der Waals surface area contributed by atoms with Gasteiger partial charge < -0.3 is 83.2 Å². The van der Waals surface area contributed by atoms with E-state index in [1.807, 2.05) is 78.9 Å². The van der Waals surface area contributed by atoms with Gasteiger partial charge in [0, 0.05) is 206 Å². The van der Waals surface area contributed by atoms with Crippen molar-refractivity contribution in [1.82, 2.24) is 64.2 Å². The number of piperidine rings is 4. The van der Waals surface area contributed by atoms with Gasteiger partial charge in [0.05, 0.1) is 11.7 Å². The number of rotatable bonds is 28. The van der Waals surface area contributed by atoms with Crippen molar-refractivity contribution in [3.05, 3.63) is 174 Å². The van der Waals surface area contributed by atoms with Gasteiger partial charge in [-0.2, -0.15) is 0 Å². The number of nitrogens with two attached hydrogens (primary N) is 3. The summed E-state index contributed by atoms with van der Waals surface area (Å²) in [5.41, 5.74) is 28.8. The minimum atomic E-state index is -0.866. The van der Waals surface area contributed by atoms with Crippen molar-refractivity contribution in [1.29, 1.82) is 0 Å². The summed E-state index contributed by atoms with van der Waals surface area (Å²) in [6, 6.07) is 53.0. The zero-order valence-corrected chi connectivity index (χ0v) is 74.4. The number of primary amides is 3. The summed E-state index contributed by atoms with van der Waals surface area (Å²) < 4.78 is 7.69. The standard InChI is InChI=1S/C98H127N25O4/c1-98(127-81-64-79(120-49-40-77(41-50-120)122-59-53-116(4)54-60-122)32-33-80(81)106-97-88(91(101)126)109-83(67-16-7-5-8-17-67)92(112-97)102-70-21-11-12-22-70)42-14-23-82(98)107-94-85(110-87(90(100)125)96(113-94)104-72-26-30-74(31-27-72)118-45-36-76(37-46-118)121-57-51-115(3)52-58-121)69-20-13-15-66(63-69)65-117-55-61-123(62-56-117)78-38-47-119(48-39-78)75-28-24-71(25-29-75)103-95-86(89(99)124)108-84(68-18-9-6-10-19-68)93(111-95)105-73-34-43-114(2)44-35-73/h5-10,13,15-20,24-33,63-64,70,73,76-78,82H,11-12,14,21-23,34-62,65H2,1-4H3,(H2,99,124)(H2,100,125)(H2,101,126)(H2,102,106,112)(H2,103,105,111)(H2,104,107,113). The molecule has 2 aliphatic carbocycles. The van der Waals surface area contributed by atoms with E-state index in [-0.39, 0.29) is 46.8 Å². The van der Waals surface area contributed by atoms with Crippen LogP contribution >= 0.6 is 0 Å². The van der Waals surface area contributed by atoms with Gasteiger partial charge in [0.1, 0.15) is 28.4 Å². The maximum Gasteiger partial charge on any atom is 0.271 e. The molecular formula is C98H127N25O4. The molecule has 18 rings (SSSR count). The zero-order valence-electron chi connectivity index (χ0n) is 74.4. The largest absolute Gasteiger partial charge is 0.483 e. The second kappa shape index (κ2) is 39.1. The van der Waals surface area contributed by atoms with Crippen molar-refractivity contribution in [3.63, 3.8) is 0 Å².